The number of para-hydroxylation sites is 1. The number of nitrogens with zero attached hydrogens (tertiary/aromatic N) is 1. The minimum atomic E-state index is -1.45. The van der Waals surface area contributed by atoms with Gasteiger partial charge in [-0.05, 0) is 36.4 Å². The van der Waals surface area contributed by atoms with Crippen LogP contribution in [0.5, 0.6) is 11.5 Å². The van der Waals surface area contributed by atoms with Crippen molar-refractivity contribution in [2.45, 2.75) is 0 Å². The van der Waals surface area contributed by atoms with Gasteiger partial charge in [0.2, 0.25) is 5.92 Å². The maximum absolute atomic E-state index is 12.1. The Hall–Kier alpha value is -3.13. The van der Waals surface area contributed by atoms with Crippen LogP contribution in [-0.2, 0) is 9.53 Å². The summed E-state index contributed by atoms with van der Waals surface area (Å²) >= 11 is 0. The van der Waals surface area contributed by atoms with Gasteiger partial charge in [-0.15, -0.1) is 0 Å². The van der Waals surface area contributed by atoms with Crippen LogP contribution < -0.4 is 4.74 Å². The average Bonchev–Trinajstić information content (AvgIpc) is 2.56. The molecule has 2 aromatic rings. The second-order valence-electron chi connectivity index (χ2n) is 4.39. The number of rotatable bonds is 5. The number of Topliss-reactive ketones (excluding diaryl/α,β-unsaturated/α-hetero) is 1. The third kappa shape index (κ3) is 3.49. The lowest BCUT2D eigenvalue weighted by atomic mass is 9.99. The van der Waals surface area contributed by atoms with E-state index in [4.69, 9.17) is 10.00 Å². The highest BCUT2D eigenvalue weighted by Gasteiger charge is 2.28. The van der Waals surface area contributed by atoms with E-state index in [1.54, 1.807) is 18.2 Å². The molecule has 0 heterocycles. The number of hydrogen-bond acceptors (Lipinski definition) is 5. The molecular weight excluding hydrogens is 282 g/mol. The molecule has 110 valence electrons. The van der Waals surface area contributed by atoms with Gasteiger partial charge in [-0.3, -0.25) is 9.59 Å². The first-order chi connectivity index (χ1) is 10.7. The van der Waals surface area contributed by atoms with Gasteiger partial charge in [-0.1, -0.05) is 18.2 Å². The number of ether oxygens (including phenoxy) is 2. The predicted molar refractivity (Wildman–Crippen MR) is 78.4 cm³/mol. The summed E-state index contributed by atoms with van der Waals surface area (Å²) in [6.45, 7) is 0. The molecule has 0 saturated carbocycles. The van der Waals surface area contributed by atoms with Gasteiger partial charge in [0.05, 0.1) is 13.2 Å². The van der Waals surface area contributed by atoms with Crippen LogP contribution in [0.4, 0.5) is 0 Å². The molecule has 1 atom stereocenters. The zero-order chi connectivity index (χ0) is 15.9. The molecule has 0 aliphatic carbocycles. The normalized spacial score (nSPS) is 11.1. The van der Waals surface area contributed by atoms with Crippen molar-refractivity contribution in [1.29, 1.82) is 5.26 Å². The van der Waals surface area contributed by atoms with Gasteiger partial charge < -0.3 is 9.47 Å². The molecule has 0 spiro atoms. The van der Waals surface area contributed by atoms with Crippen molar-refractivity contribution < 1.29 is 19.1 Å². The lowest BCUT2D eigenvalue weighted by Gasteiger charge is -2.08. The summed E-state index contributed by atoms with van der Waals surface area (Å²) in [5, 5.41) is 8.91. The molecule has 2 aromatic carbocycles. The van der Waals surface area contributed by atoms with Crippen molar-refractivity contribution in [3.8, 4) is 17.6 Å². The summed E-state index contributed by atoms with van der Waals surface area (Å²) in [4.78, 5) is 23.5. The Morgan fingerprint density at radius 3 is 2.14 bits per heavy atom. The second kappa shape index (κ2) is 7.04. The third-order valence-electron chi connectivity index (χ3n) is 2.95. The number of esters is 1. The Balaban J connectivity index is 2.13. The van der Waals surface area contributed by atoms with E-state index in [-0.39, 0.29) is 5.56 Å². The van der Waals surface area contributed by atoms with Crippen LogP contribution in [0.25, 0.3) is 0 Å². The highest BCUT2D eigenvalue weighted by Crippen LogP contribution is 2.22. The van der Waals surface area contributed by atoms with Gasteiger partial charge in [0.15, 0.2) is 5.78 Å². The molecule has 0 bridgehead atoms. The fourth-order valence-corrected chi connectivity index (χ4v) is 1.81. The van der Waals surface area contributed by atoms with Gasteiger partial charge in [-0.2, -0.15) is 5.26 Å². The van der Waals surface area contributed by atoms with E-state index in [2.05, 4.69) is 4.74 Å². The number of hydrogen-bond donors (Lipinski definition) is 0. The number of ketones is 1. The Kier molecular flexibility index (Phi) is 4.89. The van der Waals surface area contributed by atoms with Crippen molar-refractivity contribution >= 4 is 11.8 Å². The maximum atomic E-state index is 12.1. The monoisotopic (exact) mass is 295 g/mol. The topological polar surface area (TPSA) is 76.4 Å². The zero-order valence-electron chi connectivity index (χ0n) is 11.9. The SMILES string of the molecule is COC(=O)C(C#N)C(=O)c1ccc(Oc2ccccc2)cc1. The van der Waals surface area contributed by atoms with Gasteiger partial charge in [0, 0.05) is 5.56 Å². The summed E-state index contributed by atoms with van der Waals surface area (Å²) in [6, 6.07) is 17.1. The van der Waals surface area contributed by atoms with Crippen LogP contribution in [-0.4, -0.2) is 18.9 Å². The molecule has 0 saturated heterocycles. The maximum Gasteiger partial charge on any atom is 0.331 e. The van der Waals surface area contributed by atoms with Gasteiger partial charge in [0.25, 0.3) is 0 Å². The van der Waals surface area contributed by atoms with Crippen molar-refractivity contribution in [2.24, 2.45) is 5.92 Å². The first-order valence-corrected chi connectivity index (χ1v) is 6.50. The highest BCUT2D eigenvalue weighted by atomic mass is 16.5. The van der Waals surface area contributed by atoms with Crippen LogP contribution in [0, 0.1) is 17.2 Å². The van der Waals surface area contributed by atoms with Gasteiger partial charge in [-0.25, -0.2) is 0 Å². The van der Waals surface area contributed by atoms with E-state index in [0.717, 1.165) is 7.11 Å². The van der Waals surface area contributed by atoms with Crippen LogP contribution in [0.2, 0.25) is 0 Å². The van der Waals surface area contributed by atoms with Gasteiger partial charge >= 0.3 is 5.97 Å². The van der Waals surface area contributed by atoms with E-state index >= 15 is 0 Å². The zero-order valence-corrected chi connectivity index (χ0v) is 11.9. The molecule has 0 N–H and O–H groups in total. The Labute approximate surface area is 127 Å². The molecule has 0 aromatic heterocycles. The predicted octanol–water partition coefficient (Wildman–Crippen LogP) is 2.97. The second-order valence-corrected chi connectivity index (χ2v) is 4.39. The molecule has 0 aliphatic rings. The molecule has 5 heteroatoms. The molecule has 5 nitrogen and oxygen atoms in total. The largest absolute Gasteiger partial charge is 0.468 e. The number of carbonyl (C=O) groups excluding carboxylic acids is 2. The quantitative estimate of drug-likeness (QED) is 0.481. The van der Waals surface area contributed by atoms with Crippen LogP contribution in [0.3, 0.4) is 0 Å². The minimum absolute atomic E-state index is 0.248. The van der Waals surface area contributed by atoms with Crippen LogP contribution in [0.15, 0.2) is 54.6 Å². The minimum Gasteiger partial charge on any atom is -0.468 e. The third-order valence-corrected chi connectivity index (χ3v) is 2.95. The van der Waals surface area contributed by atoms with Crippen LogP contribution >= 0.6 is 0 Å². The molecule has 0 radical (unpaired) electrons. The van der Waals surface area contributed by atoms with Crippen molar-refractivity contribution in [3.05, 3.63) is 60.2 Å². The fourth-order valence-electron chi connectivity index (χ4n) is 1.81. The van der Waals surface area contributed by atoms with E-state index in [1.807, 2.05) is 30.3 Å². The van der Waals surface area contributed by atoms with E-state index in [1.165, 1.54) is 12.1 Å². The molecule has 2 rings (SSSR count). The van der Waals surface area contributed by atoms with Crippen molar-refractivity contribution in [1.82, 2.24) is 0 Å². The first-order valence-electron chi connectivity index (χ1n) is 6.50. The average molecular weight is 295 g/mol. The Bertz CT molecular complexity index is 702. The lowest BCUT2D eigenvalue weighted by molar-refractivity contribution is -0.141. The number of methoxy groups -OCH3 is 1. The smallest absolute Gasteiger partial charge is 0.331 e. The first kappa shape index (κ1) is 15.3. The number of nitriles is 1. The standard InChI is InChI=1S/C17H13NO4/c1-21-17(20)15(11-18)16(19)12-7-9-14(10-8-12)22-13-5-3-2-4-6-13/h2-10,15H,1H3. The Morgan fingerprint density at radius 1 is 1.00 bits per heavy atom. The molecule has 0 amide bonds. The molecule has 0 fully saturated rings. The van der Waals surface area contributed by atoms with Crippen molar-refractivity contribution in [2.75, 3.05) is 7.11 Å². The van der Waals surface area contributed by atoms with E-state index in [0.29, 0.717) is 11.5 Å². The number of benzene rings is 2. The molecule has 22 heavy (non-hydrogen) atoms. The highest BCUT2D eigenvalue weighted by molar-refractivity contribution is 6.10. The lowest BCUT2D eigenvalue weighted by Crippen LogP contribution is -2.23. The summed E-state index contributed by atoms with van der Waals surface area (Å²) in [7, 11) is 1.14. The summed E-state index contributed by atoms with van der Waals surface area (Å²) in [5.74, 6) is -1.69. The fraction of sp³-hybridized carbons (Fsp3) is 0.118. The van der Waals surface area contributed by atoms with Crippen molar-refractivity contribution in [3.63, 3.8) is 0 Å². The molecule has 1 unspecified atom stereocenters. The van der Waals surface area contributed by atoms with E-state index < -0.39 is 17.7 Å². The summed E-state index contributed by atoms with van der Waals surface area (Å²) in [6.07, 6.45) is 0. The van der Waals surface area contributed by atoms with Crippen LogP contribution in [0.1, 0.15) is 10.4 Å². The Morgan fingerprint density at radius 2 is 1.59 bits per heavy atom. The number of carbonyl (C=O) groups is 2. The molecular formula is C17H13NO4. The summed E-state index contributed by atoms with van der Waals surface area (Å²) < 4.78 is 10.0. The van der Waals surface area contributed by atoms with Gasteiger partial charge in [0.1, 0.15) is 11.5 Å². The van der Waals surface area contributed by atoms with E-state index in [9.17, 15) is 9.59 Å². The molecule has 0 aliphatic heterocycles. The summed E-state index contributed by atoms with van der Waals surface area (Å²) in [5.41, 5.74) is 0.248.